The van der Waals surface area contributed by atoms with Gasteiger partial charge >= 0.3 is 12.0 Å². The van der Waals surface area contributed by atoms with E-state index in [1.54, 1.807) is 17.8 Å². The number of rotatable bonds is 8. The first-order valence-corrected chi connectivity index (χ1v) is 7.99. The van der Waals surface area contributed by atoms with Gasteiger partial charge < -0.3 is 21.1 Å². The predicted octanol–water partition coefficient (Wildman–Crippen LogP) is 1.73. The fourth-order valence-electron chi connectivity index (χ4n) is 1.78. The average molecular weight is 311 g/mol. The summed E-state index contributed by atoms with van der Waals surface area (Å²) in [5.41, 5.74) is 1.67. The molecule has 0 unspecified atom stereocenters. The summed E-state index contributed by atoms with van der Waals surface area (Å²) < 4.78 is 0. The summed E-state index contributed by atoms with van der Waals surface area (Å²) in [5.74, 6) is -0.349. The highest BCUT2D eigenvalue weighted by Crippen LogP contribution is 2.10. The van der Waals surface area contributed by atoms with E-state index in [1.165, 1.54) is 0 Å². The third kappa shape index (κ3) is 6.50. The molecule has 6 nitrogen and oxygen atoms in total. The minimum atomic E-state index is -1.02. The van der Waals surface area contributed by atoms with Gasteiger partial charge in [0.05, 0.1) is 0 Å². The Morgan fingerprint density at radius 2 is 2.14 bits per heavy atom. The summed E-state index contributed by atoms with van der Waals surface area (Å²) in [5, 5.41) is 17.2. The Bertz CT molecular complexity index is 482. The van der Waals surface area contributed by atoms with Crippen molar-refractivity contribution in [2.75, 3.05) is 24.4 Å². The molecule has 0 radical (unpaired) electrons. The number of carboxylic acid groups (broad SMARTS) is 1. The minimum Gasteiger partial charge on any atom is -0.480 e. The largest absolute Gasteiger partial charge is 0.480 e. The molecule has 0 aliphatic rings. The molecule has 0 saturated carbocycles. The van der Waals surface area contributed by atoms with Gasteiger partial charge in [-0.2, -0.15) is 11.8 Å². The Hall–Kier alpha value is -1.73. The molecular weight excluding hydrogens is 290 g/mol. The summed E-state index contributed by atoms with van der Waals surface area (Å²) in [6.07, 6.45) is 2.29. The van der Waals surface area contributed by atoms with E-state index >= 15 is 0 Å². The molecule has 0 saturated heterocycles. The van der Waals surface area contributed by atoms with E-state index < -0.39 is 18.0 Å². The number of hydrogen-bond acceptors (Lipinski definition) is 4. The van der Waals surface area contributed by atoms with E-state index in [4.69, 9.17) is 5.11 Å². The molecule has 1 aromatic rings. The average Bonchev–Trinajstić information content (AvgIpc) is 2.44. The second-order valence-electron chi connectivity index (χ2n) is 4.50. The van der Waals surface area contributed by atoms with E-state index in [0.717, 1.165) is 5.56 Å². The quantitative estimate of drug-likeness (QED) is 0.587. The lowest BCUT2D eigenvalue weighted by molar-refractivity contribution is -0.139. The molecule has 0 fully saturated rings. The monoisotopic (exact) mass is 311 g/mol. The van der Waals surface area contributed by atoms with Gasteiger partial charge in [0, 0.05) is 12.2 Å². The number of urea groups is 1. The second kappa shape index (κ2) is 9.25. The lowest BCUT2D eigenvalue weighted by Crippen LogP contribution is -2.43. The number of carboxylic acids is 1. The maximum absolute atomic E-state index is 11.9. The first-order chi connectivity index (χ1) is 10.1. The molecule has 4 N–H and O–H groups in total. The van der Waals surface area contributed by atoms with Crippen LogP contribution in [0, 0.1) is 0 Å². The molecule has 0 aliphatic carbocycles. The van der Waals surface area contributed by atoms with Crippen molar-refractivity contribution in [1.82, 2.24) is 10.6 Å². The normalized spacial score (nSPS) is 11.7. The van der Waals surface area contributed by atoms with Crippen LogP contribution in [-0.4, -0.2) is 42.2 Å². The van der Waals surface area contributed by atoms with Crippen molar-refractivity contribution in [3.05, 3.63) is 29.8 Å². The van der Waals surface area contributed by atoms with Gasteiger partial charge in [0.15, 0.2) is 0 Å². The van der Waals surface area contributed by atoms with Gasteiger partial charge in [-0.1, -0.05) is 12.1 Å². The number of aliphatic carboxylic acids is 1. The summed E-state index contributed by atoms with van der Waals surface area (Å²) in [6, 6.07) is 6.00. The molecule has 2 amide bonds. The molecule has 0 heterocycles. The molecule has 1 aromatic carbocycles. The molecular formula is C14H21N3O3S. The topological polar surface area (TPSA) is 90.5 Å². The molecule has 0 spiro atoms. The number of carbonyl (C=O) groups is 2. The van der Waals surface area contributed by atoms with Crippen molar-refractivity contribution in [2.45, 2.75) is 19.0 Å². The van der Waals surface area contributed by atoms with Crippen LogP contribution < -0.4 is 16.0 Å². The molecule has 1 atom stereocenters. The number of hydrogen-bond donors (Lipinski definition) is 4. The van der Waals surface area contributed by atoms with Crippen molar-refractivity contribution in [2.24, 2.45) is 0 Å². The zero-order chi connectivity index (χ0) is 15.7. The molecule has 7 heteroatoms. The van der Waals surface area contributed by atoms with Crippen LogP contribution in [0.15, 0.2) is 24.3 Å². The molecule has 116 valence electrons. The summed E-state index contributed by atoms with van der Waals surface area (Å²) in [4.78, 5) is 22.9. The van der Waals surface area contributed by atoms with E-state index in [9.17, 15) is 9.59 Å². The molecule has 1 rings (SSSR count). The lowest BCUT2D eigenvalue weighted by atomic mass is 10.2. The first kappa shape index (κ1) is 17.3. The number of anilines is 1. The van der Waals surface area contributed by atoms with Crippen molar-refractivity contribution in [3.8, 4) is 0 Å². The highest BCUT2D eigenvalue weighted by atomic mass is 32.2. The number of carbonyl (C=O) groups excluding carboxylic acids is 1. The standard InChI is InChI=1S/C14H21N3O3S/c1-15-9-10-4-3-5-11(8-10)16-14(20)17-12(13(18)19)6-7-21-2/h3-5,8,12,15H,6-7,9H2,1-2H3,(H,18,19)(H2,16,17,20)/t12-/m1/s1. The Labute approximate surface area is 128 Å². The minimum absolute atomic E-state index is 0.393. The number of amides is 2. The van der Waals surface area contributed by atoms with E-state index in [0.29, 0.717) is 24.4 Å². The SMILES string of the molecule is CNCc1cccc(NC(=O)N[C@H](CCSC)C(=O)O)c1. The number of benzene rings is 1. The fraction of sp³-hybridized carbons (Fsp3) is 0.429. The van der Waals surface area contributed by atoms with Crippen molar-refractivity contribution in [3.63, 3.8) is 0 Å². The van der Waals surface area contributed by atoms with E-state index in [-0.39, 0.29) is 0 Å². The van der Waals surface area contributed by atoms with Gasteiger partial charge in [-0.05, 0) is 43.2 Å². The van der Waals surface area contributed by atoms with Crippen LogP contribution in [0.5, 0.6) is 0 Å². The molecule has 0 aliphatic heterocycles. The fourth-order valence-corrected chi connectivity index (χ4v) is 2.25. The summed E-state index contributed by atoms with van der Waals surface area (Å²) in [7, 11) is 1.84. The molecule has 0 aromatic heterocycles. The number of nitrogens with one attached hydrogen (secondary N) is 3. The maximum atomic E-state index is 11.9. The predicted molar refractivity (Wildman–Crippen MR) is 85.8 cm³/mol. The highest BCUT2D eigenvalue weighted by molar-refractivity contribution is 7.98. The van der Waals surface area contributed by atoms with Crippen LogP contribution in [0.4, 0.5) is 10.5 Å². The second-order valence-corrected chi connectivity index (χ2v) is 5.49. The van der Waals surface area contributed by atoms with Crippen LogP contribution >= 0.6 is 11.8 Å². The Kier molecular flexibility index (Phi) is 7.63. The van der Waals surface area contributed by atoms with Gasteiger partial charge in [-0.3, -0.25) is 0 Å². The van der Waals surface area contributed by atoms with Gasteiger partial charge in [0.1, 0.15) is 6.04 Å². The first-order valence-electron chi connectivity index (χ1n) is 6.59. The van der Waals surface area contributed by atoms with Crippen molar-refractivity contribution in [1.29, 1.82) is 0 Å². The van der Waals surface area contributed by atoms with Gasteiger partial charge in [0.25, 0.3) is 0 Å². The Balaban J connectivity index is 2.58. The smallest absolute Gasteiger partial charge is 0.326 e. The van der Waals surface area contributed by atoms with Gasteiger partial charge in [0.2, 0.25) is 0 Å². The third-order valence-corrected chi connectivity index (χ3v) is 3.42. The Morgan fingerprint density at radius 1 is 1.38 bits per heavy atom. The van der Waals surface area contributed by atoms with Crippen LogP contribution in [0.2, 0.25) is 0 Å². The summed E-state index contributed by atoms with van der Waals surface area (Å²) in [6.45, 7) is 0.697. The highest BCUT2D eigenvalue weighted by Gasteiger charge is 2.19. The zero-order valence-electron chi connectivity index (χ0n) is 12.2. The van der Waals surface area contributed by atoms with Crippen molar-refractivity contribution >= 4 is 29.4 Å². The number of thioether (sulfide) groups is 1. The van der Waals surface area contributed by atoms with Gasteiger partial charge in [-0.15, -0.1) is 0 Å². The maximum Gasteiger partial charge on any atom is 0.326 e. The van der Waals surface area contributed by atoms with Gasteiger partial charge in [-0.25, -0.2) is 9.59 Å². The lowest BCUT2D eigenvalue weighted by Gasteiger charge is -2.15. The third-order valence-electron chi connectivity index (χ3n) is 2.78. The summed E-state index contributed by atoms with van der Waals surface area (Å²) >= 11 is 1.54. The van der Waals surface area contributed by atoms with Crippen LogP contribution in [-0.2, 0) is 11.3 Å². The molecule has 0 bridgehead atoms. The zero-order valence-corrected chi connectivity index (χ0v) is 13.0. The van der Waals surface area contributed by atoms with E-state index in [1.807, 2.05) is 31.5 Å². The van der Waals surface area contributed by atoms with Crippen LogP contribution in [0.3, 0.4) is 0 Å². The molecule has 21 heavy (non-hydrogen) atoms. The van der Waals surface area contributed by atoms with Crippen LogP contribution in [0.1, 0.15) is 12.0 Å². The Morgan fingerprint density at radius 3 is 2.76 bits per heavy atom. The van der Waals surface area contributed by atoms with E-state index in [2.05, 4.69) is 16.0 Å². The van der Waals surface area contributed by atoms with Crippen LogP contribution in [0.25, 0.3) is 0 Å². The van der Waals surface area contributed by atoms with Crippen molar-refractivity contribution < 1.29 is 14.7 Å².